The first-order valence-electron chi connectivity index (χ1n) is 11.3. The van der Waals surface area contributed by atoms with Crippen molar-refractivity contribution in [3.63, 3.8) is 0 Å². The Kier molecular flexibility index (Phi) is 7.53. The van der Waals surface area contributed by atoms with Crippen molar-refractivity contribution in [2.45, 2.75) is 38.4 Å². The van der Waals surface area contributed by atoms with E-state index in [1.54, 1.807) is 33.7 Å². The summed E-state index contributed by atoms with van der Waals surface area (Å²) in [5.41, 5.74) is 10.5. The summed E-state index contributed by atoms with van der Waals surface area (Å²) >= 11 is 12.0. The third-order valence-electron chi connectivity index (χ3n) is 5.67. The normalized spacial score (nSPS) is 15.1. The molecule has 0 radical (unpaired) electrons. The highest BCUT2D eigenvalue weighted by Crippen LogP contribution is 2.29. The molecule has 8 nitrogen and oxygen atoms in total. The van der Waals surface area contributed by atoms with E-state index in [1.165, 1.54) is 38.1 Å². The predicted octanol–water partition coefficient (Wildman–Crippen LogP) is 4.87. The molecule has 0 saturated heterocycles. The van der Waals surface area contributed by atoms with Crippen LogP contribution in [0.1, 0.15) is 13.8 Å². The molecule has 2 heterocycles. The van der Waals surface area contributed by atoms with Gasteiger partial charge in [0.15, 0.2) is 11.4 Å². The summed E-state index contributed by atoms with van der Waals surface area (Å²) in [6, 6.07) is 8.79. The number of nitrogens with two attached hydrogens (primary N) is 2. The van der Waals surface area contributed by atoms with E-state index < -0.39 is 35.0 Å². The minimum absolute atomic E-state index is 0.0204. The number of carbonyl (C=O) groups is 2. The number of carbonyl (C=O) groups excluding carboxylic acids is 2. The van der Waals surface area contributed by atoms with E-state index in [1.807, 2.05) is 0 Å². The monoisotopic (exact) mass is 564 g/mol. The molecule has 0 aliphatic carbocycles. The van der Waals surface area contributed by atoms with Crippen molar-refractivity contribution in [1.82, 2.24) is 9.13 Å². The summed E-state index contributed by atoms with van der Waals surface area (Å²) in [6.45, 7) is 3.01. The Hall–Kier alpha value is -3.44. The second kappa shape index (κ2) is 10.4. The highest BCUT2D eigenvalue weighted by molar-refractivity contribution is 6.36. The number of benzene rings is 2. The van der Waals surface area contributed by atoms with E-state index in [-0.39, 0.29) is 23.1 Å². The molecule has 38 heavy (non-hydrogen) atoms. The van der Waals surface area contributed by atoms with Crippen LogP contribution >= 0.6 is 23.2 Å². The number of fused-ring (bicyclic) bond motifs is 2. The molecular weight excluding hydrogens is 541 g/mol. The van der Waals surface area contributed by atoms with Crippen LogP contribution in [0.2, 0.25) is 10.0 Å². The number of hydrogen-bond acceptors (Lipinski definition) is 6. The maximum atomic E-state index is 13.7. The fourth-order valence-electron chi connectivity index (χ4n) is 4.10. The topological polar surface area (TPSA) is 114 Å². The van der Waals surface area contributed by atoms with Crippen LogP contribution in [-0.2, 0) is 32.2 Å². The molecule has 4 N–H and O–H groups in total. The number of hydrogen-bond donors (Lipinski definition) is 2. The molecule has 0 fully saturated rings. The Balaban J connectivity index is 1.36. The van der Waals surface area contributed by atoms with E-state index in [2.05, 4.69) is 0 Å². The molecule has 0 aliphatic rings. The zero-order valence-electron chi connectivity index (χ0n) is 20.4. The lowest BCUT2D eigenvalue weighted by Gasteiger charge is -2.26. The zero-order chi connectivity index (χ0) is 27.8. The molecule has 0 spiro atoms. The number of esters is 2. The number of ether oxygens (including phenoxy) is 2. The number of aromatic nitrogens is 2. The van der Waals surface area contributed by atoms with Crippen molar-refractivity contribution in [3.8, 4) is 0 Å². The molecule has 12 heteroatoms. The number of halogens is 4. The van der Waals surface area contributed by atoms with Crippen molar-refractivity contribution < 1.29 is 27.8 Å². The van der Waals surface area contributed by atoms with Gasteiger partial charge in [-0.15, -0.1) is 0 Å². The van der Waals surface area contributed by atoms with Gasteiger partial charge in [0.2, 0.25) is 0 Å². The molecule has 0 saturated carbocycles. The second-order valence-electron chi connectivity index (χ2n) is 9.28. The molecule has 200 valence electrons. The van der Waals surface area contributed by atoms with Crippen LogP contribution in [0.25, 0.3) is 21.8 Å². The second-order valence-corrected chi connectivity index (χ2v) is 10.0. The minimum atomic E-state index is -1.48. The lowest BCUT2D eigenvalue weighted by Crippen LogP contribution is -2.45. The molecule has 2 aromatic heterocycles. The minimum Gasteiger partial charge on any atom is -0.439 e. The summed E-state index contributed by atoms with van der Waals surface area (Å²) in [7, 11) is 0. The van der Waals surface area contributed by atoms with Crippen molar-refractivity contribution in [1.29, 1.82) is 0 Å². The lowest BCUT2D eigenvalue weighted by atomic mass is 10.2. The third kappa shape index (κ3) is 5.99. The van der Waals surface area contributed by atoms with Gasteiger partial charge in [-0.2, -0.15) is 0 Å². The number of nitrogens with zero attached hydrogens (tertiary/aromatic N) is 2. The van der Waals surface area contributed by atoms with E-state index in [9.17, 15) is 18.4 Å². The quantitative estimate of drug-likeness (QED) is 0.179. The first-order valence-corrected chi connectivity index (χ1v) is 12.1. The van der Waals surface area contributed by atoms with Crippen LogP contribution in [0.3, 0.4) is 0 Å². The number of rotatable bonds is 8. The van der Waals surface area contributed by atoms with Gasteiger partial charge < -0.3 is 18.6 Å². The first-order chi connectivity index (χ1) is 17.8. The smallest absolute Gasteiger partial charge is 0.332 e. The average Bonchev–Trinajstić information content (AvgIpc) is 3.40. The molecule has 2 aromatic carbocycles. The van der Waals surface area contributed by atoms with Crippen molar-refractivity contribution in [2.75, 3.05) is 0 Å². The van der Waals surface area contributed by atoms with Gasteiger partial charge in [0.1, 0.15) is 11.6 Å². The van der Waals surface area contributed by atoms with Crippen molar-refractivity contribution in [2.24, 2.45) is 11.5 Å². The van der Waals surface area contributed by atoms with Crippen LogP contribution in [-0.4, -0.2) is 32.5 Å². The molecule has 0 aliphatic heterocycles. The summed E-state index contributed by atoms with van der Waals surface area (Å²) < 4.78 is 41.3. The van der Waals surface area contributed by atoms with Gasteiger partial charge in [-0.25, -0.2) is 18.4 Å². The Bertz CT molecular complexity index is 1460. The standard InChI is InChI=1S/C26H24Cl2F2N4O4/c1-25(31,13-33-11-9-15-19(33)5-3-17(29)23(15)27)37-21(35)7-8-22(36)38-26(2,32)14-34-12-10-16-20(34)6-4-18(30)24(16)28/h3-12H,13-14,31-32H2,1-2H3/b8-7+/t25-,26-/m1/s1. The van der Waals surface area contributed by atoms with E-state index in [0.29, 0.717) is 21.8 Å². The Morgan fingerprint density at radius 3 is 1.53 bits per heavy atom. The maximum absolute atomic E-state index is 13.7. The summed E-state index contributed by atoms with van der Waals surface area (Å²) in [5, 5.41) is 0.940. The van der Waals surface area contributed by atoms with Crippen LogP contribution < -0.4 is 11.5 Å². The predicted molar refractivity (Wildman–Crippen MR) is 140 cm³/mol. The summed E-state index contributed by atoms with van der Waals surface area (Å²) in [6.07, 6.45) is 5.03. The maximum Gasteiger partial charge on any atom is 0.332 e. The van der Waals surface area contributed by atoms with Gasteiger partial charge in [-0.1, -0.05) is 23.2 Å². The molecular formula is C26H24Cl2F2N4O4. The lowest BCUT2D eigenvalue weighted by molar-refractivity contribution is -0.155. The average molecular weight is 565 g/mol. The SMILES string of the molecule is C[C@](N)(Cn1ccc2c(Cl)c(F)ccc21)OC(=O)/C=C/C(=O)O[C@@](C)(N)Cn1ccc2c(Cl)c(F)ccc21. The van der Waals surface area contributed by atoms with Gasteiger partial charge in [0.05, 0.1) is 23.1 Å². The van der Waals surface area contributed by atoms with Crippen LogP contribution in [0, 0.1) is 11.6 Å². The molecule has 4 aromatic rings. The third-order valence-corrected chi connectivity index (χ3v) is 6.44. The van der Waals surface area contributed by atoms with Gasteiger partial charge >= 0.3 is 11.9 Å². The summed E-state index contributed by atoms with van der Waals surface area (Å²) in [5.74, 6) is -2.88. The van der Waals surface area contributed by atoms with Crippen molar-refractivity contribution >= 4 is 56.9 Å². The first kappa shape index (κ1) is 27.6. The molecule has 4 rings (SSSR count). The van der Waals surface area contributed by atoms with Crippen LogP contribution in [0.4, 0.5) is 8.78 Å². The van der Waals surface area contributed by atoms with Gasteiger partial charge in [0.25, 0.3) is 0 Å². The Labute approximate surface area is 226 Å². The molecule has 0 unspecified atom stereocenters. The van der Waals surface area contributed by atoms with Gasteiger partial charge in [-0.05, 0) is 50.2 Å². The summed E-state index contributed by atoms with van der Waals surface area (Å²) in [4.78, 5) is 24.7. The van der Waals surface area contributed by atoms with Crippen molar-refractivity contribution in [3.05, 3.63) is 82.6 Å². The Morgan fingerprint density at radius 1 is 0.789 bits per heavy atom. The van der Waals surface area contributed by atoms with Gasteiger partial charge in [0, 0.05) is 46.4 Å². The van der Waals surface area contributed by atoms with E-state index in [4.69, 9.17) is 44.1 Å². The highest BCUT2D eigenvalue weighted by atomic mass is 35.5. The fraction of sp³-hybridized carbons (Fsp3) is 0.231. The van der Waals surface area contributed by atoms with Gasteiger partial charge in [-0.3, -0.25) is 11.5 Å². The van der Waals surface area contributed by atoms with Crippen LogP contribution in [0.15, 0.2) is 60.9 Å². The Morgan fingerprint density at radius 2 is 1.16 bits per heavy atom. The molecule has 0 amide bonds. The largest absolute Gasteiger partial charge is 0.439 e. The van der Waals surface area contributed by atoms with E-state index >= 15 is 0 Å². The zero-order valence-corrected chi connectivity index (χ0v) is 21.9. The molecule has 2 atom stereocenters. The van der Waals surface area contributed by atoms with Crippen LogP contribution in [0.5, 0.6) is 0 Å². The van der Waals surface area contributed by atoms with E-state index in [0.717, 1.165) is 12.2 Å². The highest BCUT2D eigenvalue weighted by Gasteiger charge is 2.26. The molecule has 0 bridgehead atoms. The fourth-order valence-corrected chi connectivity index (χ4v) is 4.55.